The van der Waals surface area contributed by atoms with Crippen LogP contribution in [-0.2, 0) is 6.54 Å². The molecule has 0 radical (unpaired) electrons. The topological polar surface area (TPSA) is 12.0 Å². The third-order valence-electron chi connectivity index (χ3n) is 2.23. The van der Waals surface area contributed by atoms with E-state index >= 15 is 0 Å². The molecule has 2 aromatic carbocycles. The monoisotopic (exact) mass is 343 g/mol. The lowest BCUT2D eigenvalue weighted by Gasteiger charge is -2.06. The third-order valence-corrected chi connectivity index (χ3v) is 3.19. The maximum atomic E-state index is 5.91. The molecule has 1 nitrogen and oxygen atoms in total. The lowest BCUT2D eigenvalue weighted by molar-refractivity contribution is 1.15. The van der Waals surface area contributed by atoms with Crippen LogP contribution in [0.1, 0.15) is 5.56 Å². The molecule has 2 rings (SSSR count). The highest BCUT2D eigenvalue weighted by atomic mass is 127. The molecule has 82 valence electrons. The average Bonchev–Trinajstić information content (AvgIpc) is 2.28. The highest BCUT2D eigenvalue weighted by Crippen LogP contribution is 2.16. The first-order valence-corrected chi connectivity index (χ1v) is 6.43. The van der Waals surface area contributed by atoms with Gasteiger partial charge in [0.2, 0.25) is 0 Å². The van der Waals surface area contributed by atoms with Crippen LogP contribution in [0.2, 0.25) is 5.02 Å². The summed E-state index contributed by atoms with van der Waals surface area (Å²) in [4.78, 5) is 0. The minimum atomic E-state index is 0.757. The Balaban J connectivity index is 1.99. The molecule has 0 saturated carbocycles. The molecular weight excluding hydrogens is 333 g/mol. The molecule has 0 aromatic heterocycles. The van der Waals surface area contributed by atoms with E-state index in [2.05, 4.69) is 52.2 Å². The summed E-state index contributed by atoms with van der Waals surface area (Å²) < 4.78 is 1.25. The maximum Gasteiger partial charge on any atom is 0.0426 e. The first kappa shape index (κ1) is 11.7. The normalized spacial score (nSPS) is 10.1. The van der Waals surface area contributed by atoms with Crippen molar-refractivity contribution in [3.05, 3.63) is 62.7 Å². The second-order valence-corrected chi connectivity index (χ2v) is 5.17. The molecule has 0 bridgehead atoms. The highest BCUT2D eigenvalue weighted by molar-refractivity contribution is 14.1. The largest absolute Gasteiger partial charge is 0.381 e. The maximum absolute atomic E-state index is 5.91. The van der Waals surface area contributed by atoms with E-state index in [9.17, 15) is 0 Å². The quantitative estimate of drug-likeness (QED) is 0.806. The molecule has 0 spiro atoms. The van der Waals surface area contributed by atoms with Crippen molar-refractivity contribution in [2.24, 2.45) is 0 Å². The van der Waals surface area contributed by atoms with E-state index in [1.54, 1.807) is 0 Å². The van der Waals surface area contributed by atoms with Gasteiger partial charge < -0.3 is 5.32 Å². The molecule has 2 aromatic rings. The lowest BCUT2D eigenvalue weighted by atomic mass is 10.2. The van der Waals surface area contributed by atoms with E-state index in [-0.39, 0.29) is 0 Å². The van der Waals surface area contributed by atoms with Gasteiger partial charge in [0.25, 0.3) is 0 Å². The Kier molecular flexibility index (Phi) is 4.07. The van der Waals surface area contributed by atoms with Gasteiger partial charge in [-0.1, -0.05) is 29.8 Å². The summed E-state index contributed by atoms with van der Waals surface area (Å²) in [7, 11) is 0. The summed E-state index contributed by atoms with van der Waals surface area (Å²) in [6.07, 6.45) is 0. The number of benzene rings is 2. The molecule has 0 heterocycles. The number of anilines is 1. The standard InChI is InChI=1S/C13H11ClIN/c14-11-2-1-3-13(8-11)16-9-10-4-6-12(15)7-5-10/h1-8,16H,9H2. The zero-order valence-corrected chi connectivity index (χ0v) is 11.5. The molecule has 0 saturated heterocycles. The van der Waals surface area contributed by atoms with Crippen molar-refractivity contribution < 1.29 is 0 Å². The fourth-order valence-electron chi connectivity index (χ4n) is 1.40. The van der Waals surface area contributed by atoms with Crippen LogP contribution in [0.25, 0.3) is 0 Å². The minimum absolute atomic E-state index is 0.757. The van der Waals surface area contributed by atoms with Crippen molar-refractivity contribution in [2.45, 2.75) is 6.54 Å². The van der Waals surface area contributed by atoms with Gasteiger partial charge in [-0.15, -0.1) is 0 Å². The van der Waals surface area contributed by atoms with Crippen molar-refractivity contribution >= 4 is 39.9 Å². The Morgan fingerprint density at radius 2 is 1.81 bits per heavy atom. The first-order valence-electron chi connectivity index (χ1n) is 4.98. The van der Waals surface area contributed by atoms with Gasteiger partial charge in [0.15, 0.2) is 0 Å². The molecule has 0 fully saturated rings. The van der Waals surface area contributed by atoms with Crippen molar-refractivity contribution in [3.63, 3.8) is 0 Å². The Morgan fingerprint density at radius 3 is 2.50 bits per heavy atom. The predicted molar refractivity (Wildman–Crippen MR) is 77.9 cm³/mol. The predicted octanol–water partition coefficient (Wildman–Crippen LogP) is 4.56. The second-order valence-electron chi connectivity index (χ2n) is 3.49. The molecule has 0 aliphatic heterocycles. The number of hydrogen-bond acceptors (Lipinski definition) is 1. The van der Waals surface area contributed by atoms with Crippen LogP contribution < -0.4 is 5.32 Å². The summed E-state index contributed by atoms with van der Waals surface area (Å²) in [5.74, 6) is 0. The van der Waals surface area contributed by atoms with Crippen molar-refractivity contribution in [1.29, 1.82) is 0 Å². The summed E-state index contributed by atoms with van der Waals surface area (Å²) in [6, 6.07) is 16.2. The molecular formula is C13H11ClIN. The van der Waals surface area contributed by atoms with Gasteiger partial charge in [-0.2, -0.15) is 0 Å². The molecule has 0 atom stereocenters. The van der Waals surface area contributed by atoms with Crippen LogP contribution in [0.15, 0.2) is 48.5 Å². The van der Waals surface area contributed by atoms with E-state index in [0.29, 0.717) is 0 Å². The van der Waals surface area contributed by atoms with E-state index in [4.69, 9.17) is 11.6 Å². The molecule has 3 heteroatoms. The molecule has 1 N–H and O–H groups in total. The van der Waals surface area contributed by atoms with Gasteiger partial charge in [-0.05, 0) is 58.5 Å². The fourth-order valence-corrected chi connectivity index (χ4v) is 1.95. The summed E-state index contributed by atoms with van der Waals surface area (Å²) in [5, 5.41) is 4.09. The molecule has 0 unspecified atom stereocenters. The SMILES string of the molecule is Clc1cccc(NCc2ccc(I)cc2)c1. The smallest absolute Gasteiger partial charge is 0.0426 e. The van der Waals surface area contributed by atoms with Gasteiger partial charge in [0.1, 0.15) is 0 Å². The zero-order chi connectivity index (χ0) is 11.4. The summed E-state index contributed by atoms with van der Waals surface area (Å²) in [6.45, 7) is 0.817. The third kappa shape index (κ3) is 3.39. The summed E-state index contributed by atoms with van der Waals surface area (Å²) in [5.41, 5.74) is 2.31. The van der Waals surface area contributed by atoms with Crippen LogP contribution in [0.4, 0.5) is 5.69 Å². The van der Waals surface area contributed by atoms with Crippen LogP contribution >= 0.6 is 34.2 Å². The highest BCUT2D eigenvalue weighted by Gasteiger charge is 1.95. The lowest BCUT2D eigenvalue weighted by Crippen LogP contribution is -1.98. The Bertz CT molecular complexity index is 468. The van der Waals surface area contributed by atoms with Crippen molar-refractivity contribution in [1.82, 2.24) is 0 Å². The van der Waals surface area contributed by atoms with Crippen molar-refractivity contribution in [2.75, 3.05) is 5.32 Å². The molecule has 0 amide bonds. The van der Waals surface area contributed by atoms with Gasteiger partial charge >= 0.3 is 0 Å². The molecule has 0 aliphatic rings. The number of nitrogens with one attached hydrogen (secondary N) is 1. The zero-order valence-electron chi connectivity index (χ0n) is 8.58. The van der Waals surface area contributed by atoms with E-state index < -0.39 is 0 Å². The molecule has 0 aliphatic carbocycles. The Labute approximate surface area is 114 Å². The van der Waals surface area contributed by atoms with Crippen LogP contribution in [0, 0.1) is 3.57 Å². The van der Waals surface area contributed by atoms with Gasteiger partial charge in [-0.25, -0.2) is 0 Å². The minimum Gasteiger partial charge on any atom is -0.381 e. The first-order chi connectivity index (χ1) is 7.74. The Morgan fingerprint density at radius 1 is 1.06 bits per heavy atom. The fraction of sp³-hybridized carbons (Fsp3) is 0.0769. The number of halogens is 2. The van der Waals surface area contributed by atoms with E-state index in [0.717, 1.165) is 17.3 Å². The van der Waals surface area contributed by atoms with Crippen LogP contribution in [0.5, 0.6) is 0 Å². The van der Waals surface area contributed by atoms with Crippen LogP contribution in [-0.4, -0.2) is 0 Å². The van der Waals surface area contributed by atoms with E-state index in [1.165, 1.54) is 9.13 Å². The van der Waals surface area contributed by atoms with Gasteiger partial charge in [0.05, 0.1) is 0 Å². The van der Waals surface area contributed by atoms with E-state index in [1.807, 2.05) is 24.3 Å². The average molecular weight is 344 g/mol. The van der Waals surface area contributed by atoms with Gasteiger partial charge in [0, 0.05) is 20.8 Å². The van der Waals surface area contributed by atoms with Crippen LogP contribution in [0.3, 0.4) is 0 Å². The summed E-state index contributed by atoms with van der Waals surface area (Å²) >= 11 is 8.21. The number of rotatable bonds is 3. The Hall–Kier alpha value is -0.740. The molecule has 16 heavy (non-hydrogen) atoms. The number of hydrogen-bond donors (Lipinski definition) is 1. The van der Waals surface area contributed by atoms with Crippen molar-refractivity contribution in [3.8, 4) is 0 Å². The second kappa shape index (κ2) is 5.55. The van der Waals surface area contributed by atoms with Gasteiger partial charge in [-0.3, -0.25) is 0 Å².